The number of amides is 1. The molecular weight excluding hydrogens is 288 g/mol. The van der Waals surface area contributed by atoms with Gasteiger partial charge in [-0.2, -0.15) is 0 Å². The molecule has 0 radical (unpaired) electrons. The molecule has 2 aliphatic heterocycles. The Hall–Kier alpha value is -1.20. The molecule has 0 aliphatic carbocycles. The van der Waals surface area contributed by atoms with Crippen LogP contribution in [-0.2, 0) is 11.2 Å². The average molecular weight is 311 g/mol. The zero-order valence-electron chi connectivity index (χ0n) is 12.4. The normalized spacial score (nSPS) is 23.9. The highest BCUT2D eigenvalue weighted by Gasteiger charge is 2.45. The number of piperidine rings is 1. The summed E-state index contributed by atoms with van der Waals surface area (Å²) < 4.78 is 0. The number of hydrogen-bond acceptors (Lipinski definition) is 4. The first-order valence-corrected chi connectivity index (χ1v) is 7.41. The maximum absolute atomic E-state index is 11.9. The van der Waals surface area contributed by atoms with Gasteiger partial charge < -0.3 is 10.2 Å². The van der Waals surface area contributed by atoms with Gasteiger partial charge in [0.15, 0.2) is 0 Å². The van der Waals surface area contributed by atoms with E-state index in [1.165, 1.54) is 12.8 Å². The zero-order valence-corrected chi connectivity index (χ0v) is 13.2. The highest BCUT2D eigenvalue weighted by atomic mass is 35.5. The second-order valence-electron chi connectivity index (χ2n) is 6.16. The van der Waals surface area contributed by atoms with Crippen LogP contribution in [0.3, 0.4) is 0 Å². The summed E-state index contributed by atoms with van der Waals surface area (Å²) >= 11 is 0. The van der Waals surface area contributed by atoms with E-state index in [0.717, 1.165) is 38.2 Å². The van der Waals surface area contributed by atoms with E-state index in [1.54, 1.807) is 19.3 Å². The number of rotatable bonds is 2. The predicted molar refractivity (Wildman–Crippen MR) is 83.3 cm³/mol. The number of carbonyl (C=O) groups is 1. The summed E-state index contributed by atoms with van der Waals surface area (Å²) in [6.45, 7) is 4.74. The number of aromatic nitrogens is 2. The lowest BCUT2D eigenvalue weighted by Gasteiger charge is -2.33. The smallest absolute Gasteiger partial charge is 0.219 e. The molecule has 1 spiro atoms. The molecule has 1 aromatic rings. The standard InChI is InChI=1S/C15H22N4O.ClH/c1-12(20)19-11-15(2-4-16-5-3-15)9-14(19)8-13-10-17-6-7-18-13;/h6-7,10,14,16H,2-5,8-9,11H2,1H3;1H. The fraction of sp³-hybridized carbons (Fsp3) is 0.667. The number of nitrogens with one attached hydrogen (secondary N) is 1. The summed E-state index contributed by atoms with van der Waals surface area (Å²) in [4.78, 5) is 22.5. The van der Waals surface area contributed by atoms with Gasteiger partial charge in [0.25, 0.3) is 0 Å². The molecule has 2 saturated heterocycles. The Morgan fingerprint density at radius 1 is 1.43 bits per heavy atom. The molecule has 0 bridgehead atoms. The van der Waals surface area contributed by atoms with Crippen LogP contribution in [-0.4, -0.2) is 46.5 Å². The quantitative estimate of drug-likeness (QED) is 0.898. The van der Waals surface area contributed by atoms with Gasteiger partial charge in [0.1, 0.15) is 0 Å². The lowest BCUT2D eigenvalue weighted by atomic mass is 9.77. The van der Waals surface area contributed by atoms with E-state index in [1.807, 2.05) is 6.20 Å². The van der Waals surface area contributed by atoms with Crippen molar-refractivity contribution in [3.05, 3.63) is 24.3 Å². The second-order valence-corrected chi connectivity index (χ2v) is 6.16. The van der Waals surface area contributed by atoms with Crippen LogP contribution in [0.5, 0.6) is 0 Å². The van der Waals surface area contributed by atoms with Crippen molar-refractivity contribution in [1.82, 2.24) is 20.2 Å². The van der Waals surface area contributed by atoms with Crippen molar-refractivity contribution in [3.63, 3.8) is 0 Å². The summed E-state index contributed by atoms with van der Waals surface area (Å²) in [5, 5.41) is 3.42. The summed E-state index contributed by atoms with van der Waals surface area (Å²) in [6, 6.07) is 0.280. The number of carbonyl (C=O) groups excluding carboxylic acids is 1. The molecule has 1 atom stereocenters. The van der Waals surface area contributed by atoms with Gasteiger partial charge in [0.05, 0.1) is 5.69 Å². The molecule has 1 aromatic heterocycles. The fourth-order valence-electron chi connectivity index (χ4n) is 3.71. The third kappa shape index (κ3) is 3.52. The third-order valence-electron chi connectivity index (χ3n) is 4.75. The Morgan fingerprint density at radius 3 is 2.81 bits per heavy atom. The molecule has 3 rings (SSSR count). The molecule has 2 fully saturated rings. The Balaban J connectivity index is 0.00000161. The van der Waals surface area contributed by atoms with Crippen molar-refractivity contribution in [1.29, 1.82) is 0 Å². The molecule has 0 saturated carbocycles. The number of halogens is 1. The number of hydrogen-bond donors (Lipinski definition) is 1. The van der Waals surface area contributed by atoms with Gasteiger partial charge in [-0.1, -0.05) is 0 Å². The van der Waals surface area contributed by atoms with Crippen LogP contribution >= 0.6 is 12.4 Å². The zero-order chi connectivity index (χ0) is 14.0. The minimum atomic E-state index is 0. The highest BCUT2D eigenvalue weighted by Crippen LogP contribution is 2.42. The lowest BCUT2D eigenvalue weighted by molar-refractivity contribution is -0.130. The molecule has 6 heteroatoms. The fourth-order valence-corrected chi connectivity index (χ4v) is 3.71. The Morgan fingerprint density at radius 2 is 2.19 bits per heavy atom. The molecule has 3 heterocycles. The molecule has 0 aromatic carbocycles. The molecule has 2 aliphatic rings. The van der Waals surface area contributed by atoms with Crippen LogP contribution in [0.2, 0.25) is 0 Å². The Bertz CT molecular complexity index is 476. The topological polar surface area (TPSA) is 58.1 Å². The van der Waals surface area contributed by atoms with Gasteiger partial charge in [-0.25, -0.2) is 0 Å². The van der Waals surface area contributed by atoms with Gasteiger partial charge in [0, 0.05) is 44.5 Å². The Labute approximate surface area is 131 Å². The van der Waals surface area contributed by atoms with Crippen molar-refractivity contribution in [2.24, 2.45) is 5.41 Å². The molecule has 1 unspecified atom stereocenters. The maximum atomic E-state index is 11.9. The minimum absolute atomic E-state index is 0. The van der Waals surface area contributed by atoms with Gasteiger partial charge in [-0.15, -0.1) is 12.4 Å². The van der Waals surface area contributed by atoms with E-state index in [9.17, 15) is 4.79 Å². The monoisotopic (exact) mass is 310 g/mol. The predicted octanol–water partition coefficient (Wildman–Crippen LogP) is 1.43. The summed E-state index contributed by atoms with van der Waals surface area (Å²) in [5.41, 5.74) is 1.30. The van der Waals surface area contributed by atoms with E-state index in [-0.39, 0.29) is 24.4 Å². The SMILES string of the molecule is CC(=O)N1CC2(CCNCC2)CC1Cc1cnccn1.Cl. The van der Waals surface area contributed by atoms with Crippen LogP contribution in [0.1, 0.15) is 31.9 Å². The molecule has 21 heavy (non-hydrogen) atoms. The van der Waals surface area contributed by atoms with E-state index < -0.39 is 0 Å². The van der Waals surface area contributed by atoms with Crippen molar-refractivity contribution in [2.75, 3.05) is 19.6 Å². The lowest BCUT2D eigenvalue weighted by Crippen LogP contribution is -2.39. The van der Waals surface area contributed by atoms with Gasteiger partial charge in [-0.05, 0) is 37.8 Å². The van der Waals surface area contributed by atoms with E-state index >= 15 is 0 Å². The summed E-state index contributed by atoms with van der Waals surface area (Å²) in [5.74, 6) is 0.189. The van der Waals surface area contributed by atoms with Gasteiger partial charge >= 0.3 is 0 Å². The van der Waals surface area contributed by atoms with Crippen molar-refractivity contribution >= 4 is 18.3 Å². The van der Waals surface area contributed by atoms with Crippen molar-refractivity contribution < 1.29 is 4.79 Å². The molecule has 116 valence electrons. The van der Waals surface area contributed by atoms with Crippen molar-refractivity contribution in [2.45, 2.75) is 38.6 Å². The van der Waals surface area contributed by atoms with Crippen LogP contribution in [0.4, 0.5) is 0 Å². The van der Waals surface area contributed by atoms with Crippen molar-refractivity contribution in [3.8, 4) is 0 Å². The number of likely N-dealkylation sites (tertiary alicyclic amines) is 1. The highest BCUT2D eigenvalue weighted by molar-refractivity contribution is 5.85. The van der Waals surface area contributed by atoms with Gasteiger partial charge in [0.2, 0.25) is 5.91 Å². The third-order valence-corrected chi connectivity index (χ3v) is 4.75. The molecular formula is C15H23ClN4O. The minimum Gasteiger partial charge on any atom is -0.339 e. The first kappa shape index (κ1) is 16.2. The maximum Gasteiger partial charge on any atom is 0.219 e. The van der Waals surface area contributed by atoms with E-state index in [2.05, 4.69) is 20.2 Å². The largest absolute Gasteiger partial charge is 0.339 e. The Kier molecular flexibility index (Phi) is 5.17. The van der Waals surface area contributed by atoms with E-state index in [4.69, 9.17) is 0 Å². The number of nitrogens with zero attached hydrogens (tertiary/aromatic N) is 3. The summed E-state index contributed by atoms with van der Waals surface area (Å²) in [6.07, 6.45) is 9.50. The van der Waals surface area contributed by atoms with Crippen LogP contribution in [0.25, 0.3) is 0 Å². The van der Waals surface area contributed by atoms with Crippen LogP contribution in [0.15, 0.2) is 18.6 Å². The van der Waals surface area contributed by atoms with Crippen LogP contribution in [0, 0.1) is 5.41 Å². The second kappa shape index (κ2) is 6.71. The molecule has 5 nitrogen and oxygen atoms in total. The van der Waals surface area contributed by atoms with E-state index in [0.29, 0.717) is 5.41 Å². The molecule has 1 amide bonds. The average Bonchev–Trinajstić information content (AvgIpc) is 2.79. The first-order valence-electron chi connectivity index (χ1n) is 7.41. The first-order chi connectivity index (χ1) is 9.69. The summed E-state index contributed by atoms with van der Waals surface area (Å²) in [7, 11) is 0. The van der Waals surface area contributed by atoms with Crippen LogP contribution < -0.4 is 5.32 Å². The molecule has 1 N–H and O–H groups in total. The van der Waals surface area contributed by atoms with Gasteiger partial charge in [-0.3, -0.25) is 14.8 Å².